The Morgan fingerprint density at radius 1 is 1.00 bits per heavy atom. The molecule has 6 rings (SSSR count). The second kappa shape index (κ2) is 9.76. The predicted octanol–water partition coefficient (Wildman–Crippen LogP) is 5.22. The molecule has 0 radical (unpaired) electrons. The zero-order chi connectivity index (χ0) is 26.3. The molecule has 0 aliphatic carbocycles. The molecule has 2 aromatic carbocycles. The summed E-state index contributed by atoms with van der Waals surface area (Å²) in [5.74, 6) is -1.24. The molecule has 2 aromatic heterocycles. The Morgan fingerprint density at radius 2 is 1.71 bits per heavy atom. The number of halogens is 2. The van der Waals surface area contributed by atoms with Gasteiger partial charge in [0.05, 0.1) is 5.69 Å². The van der Waals surface area contributed by atoms with Gasteiger partial charge in [-0.25, -0.2) is 18.7 Å². The standard InChI is InChI=1S/C30H29F2N5O/c1-2-27(38)37-17-30(18-37)8-11-36(12-9-30)10-7-20-3-5-21(6-4-20)26-16-25-28(33-19-34-29(25)35-26)22-13-23(31)15-24(32)14-22/h2-6,13-16,19H,1,7-12,17-18H2,(H,33,34,35). The second-order valence-corrected chi connectivity index (χ2v) is 10.5. The van der Waals surface area contributed by atoms with Crippen molar-refractivity contribution in [1.82, 2.24) is 24.8 Å². The minimum Gasteiger partial charge on any atom is -0.339 e. The van der Waals surface area contributed by atoms with Crippen LogP contribution in [0, 0.1) is 17.0 Å². The van der Waals surface area contributed by atoms with Crippen molar-refractivity contribution in [1.29, 1.82) is 0 Å². The number of H-pyrrole nitrogens is 1. The van der Waals surface area contributed by atoms with Gasteiger partial charge in [-0.05, 0) is 67.8 Å². The fraction of sp³-hybridized carbons (Fsp3) is 0.300. The molecule has 1 amide bonds. The molecule has 2 aliphatic heterocycles. The maximum absolute atomic E-state index is 13.8. The maximum atomic E-state index is 13.8. The molecule has 1 spiro atoms. The molecule has 6 nitrogen and oxygen atoms in total. The first-order valence-electron chi connectivity index (χ1n) is 12.9. The van der Waals surface area contributed by atoms with Gasteiger partial charge in [-0.1, -0.05) is 30.8 Å². The van der Waals surface area contributed by atoms with Crippen molar-refractivity contribution < 1.29 is 13.6 Å². The number of nitrogens with one attached hydrogen (secondary N) is 1. The monoisotopic (exact) mass is 513 g/mol. The van der Waals surface area contributed by atoms with Crippen LogP contribution in [0.1, 0.15) is 18.4 Å². The van der Waals surface area contributed by atoms with E-state index in [1.807, 2.05) is 11.0 Å². The van der Waals surface area contributed by atoms with E-state index in [4.69, 9.17) is 0 Å². The molecule has 2 fully saturated rings. The first kappa shape index (κ1) is 24.4. The highest BCUT2D eigenvalue weighted by atomic mass is 19.1. The second-order valence-electron chi connectivity index (χ2n) is 10.5. The van der Waals surface area contributed by atoms with Crippen LogP contribution in [0.25, 0.3) is 33.5 Å². The number of carbonyl (C=O) groups is 1. The van der Waals surface area contributed by atoms with E-state index in [-0.39, 0.29) is 5.91 Å². The van der Waals surface area contributed by atoms with Crippen LogP contribution in [-0.4, -0.2) is 63.4 Å². The van der Waals surface area contributed by atoms with Crippen LogP contribution >= 0.6 is 0 Å². The number of aromatic nitrogens is 3. The number of piperidine rings is 1. The smallest absolute Gasteiger partial charge is 0.245 e. The quantitative estimate of drug-likeness (QED) is 0.359. The van der Waals surface area contributed by atoms with Crippen molar-refractivity contribution in [2.45, 2.75) is 19.3 Å². The van der Waals surface area contributed by atoms with E-state index in [2.05, 4.69) is 50.7 Å². The van der Waals surface area contributed by atoms with Gasteiger partial charge in [-0.3, -0.25) is 4.79 Å². The Morgan fingerprint density at radius 3 is 2.39 bits per heavy atom. The van der Waals surface area contributed by atoms with E-state index in [0.717, 1.165) is 69.3 Å². The number of nitrogens with zero attached hydrogens (tertiary/aromatic N) is 4. The molecule has 0 saturated carbocycles. The van der Waals surface area contributed by atoms with Gasteiger partial charge in [0.15, 0.2) is 0 Å². The van der Waals surface area contributed by atoms with Gasteiger partial charge >= 0.3 is 0 Å². The minimum atomic E-state index is -0.642. The molecule has 2 aliphatic rings. The molecule has 2 saturated heterocycles. The van der Waals surface area contributed by atoms with Gasteiger partial charge in [-0.15, -0.1) is 0 Å². The first-order chi connectivity index (χ1) is 18.4. The zero-order valence-corrected chi connectivity index (χ0v) is 21.1. The number of likely N-dealkylation sites (tertiary alicyclic amines) is 2. The summed E-state index contributed by atoms with van der Waals surface area (Å²) in [5.41, 5.74) is 4.93. The molecule has 4 aromatic rings. The minimum absolute atomic E-state index is 0.0456. The van der Waals surface area contributed by atoms with Gasteiger partial charge in [0.25, 0.3) is 0 Å². The Labute approximate surface area is 220 Å². The lowest BCUT2D eigenvalue weighted by Gasteiger charge is -2.53. The van der Waals surface area contributed by atoms with Crippen LogP contribution in [-0.2, 0) is 11.2 Å². The summed E-state index contributed by atoms with van der Waals surface area (Å²) in [6.45, 7) is 8.48. The average Bonchev–Trinajstić information content (AvgIpc) is 3.35. The average molecular weight is 514 g/mol. The van der Waals surface area contributed by atoms with Crippen molar-refractivity contribution in [2.75, 3.05) is 32.7 Å². The van der Waals surface area contributed by atoms with Crippen LogP contribution in [0.2, 0.25) is 0 Å². The summed E-state index contributed by atoms with van der Waals surface area (Å²) in [7, 11) is 0. The Bertz CT molecular complexity index is 1480. The molecule has 0 bridgehead atoms. The molecule has 38 heavy (non-hydrogen) atoms. The lowest BCUT2D eigenvalue weighted by atomic mass is 9.72. The van der Waals surface area contributed by atoms with E-state index in [1.165, 1.54) is 30.1 Å². The van der Waals surface area contributed by atoms with Crippen LogP contribution in [0.5, 0.6) is 0 Å². The van der Waals surface area contributed by atoms with Crippen LogP contribution < -0.4 is 0 Å². The third-order valence-electron chi connectivity index (χ3n) is 8.00. The lowest BCUT2D eigenvalue weighted by Crippen LogP contribution is -2.61. The molecular weight excluding hydrogens is 484 g/mol. The number of fused-ring (bicyclic) bond motifs is 1. The van der Waals surface area contributed by atoms with E-state index < -0.39 is 11.6 Å². The largest absolute Gasteiger partial charge is 0.339 e. The molecule has 0 atom stereocenters. The first-order valence-corrected chi connectivity index (χ1v) is 12.9. The lowest BCUT2D eigenvalue weighted by molar-refractivity contribution is -0.141. The van der Waals surface area contributed by atoms with Crippen molar-refractivity contribution >= 4 is 16.9 Å². The van der Waals surface area contributed by atoms with Crippen LogP contribution in [0.3, 0.4) is 0 Å². The van der Waals surface area contributed by atoms with Crippen LogP contribution in [0.15, 0.2) is 67.5 Å². The highest BCUT2D eigenvalue weighted by Gasteiger charge is 2.45. The Hall–Kier alpha value is -3.91. The normalized spacial score (nSPS) is 17.1. The van der Waals surface area contributed by atoms with Gasteiger partial charge in [0.2, 0.25) is 5.91 Å². The van der Waals surface area contributed by atoms with Crippen LogP contribution in [0.4, 0.5) is 8.78 Å². The Kier molecular flexibility index (Phi) is 6.27. The van der Waals surface area contributed by atoms with Crippen molar-refractivity contribution in [2.24, 2.45) is 5.41 Å². The topological polar surface area (TPSA) is 65.1 Å². The summed E-state index contributed by atoms with van der Waals surface area (Å²) < 4.78 is 27.6. The fourth-order valence-corrected chi connectivity index (χ4v) is 5.77. The highest BCUT2D eigenvalue weighted by Crippen LogP contribution is 2.40. The number of amides is 1. The maximum Gasteiger partial charge on any atom is 0.245 e. The summed E-state index contributed by atoms with van der Waals surface area (Å²) in [5, 5.41) is 0.711. The van der Waals surface area contributed by atoms with Crippen molar-refractivity contribution in [3.8, 4) is 22.5 Å². The molecule has 8 heteroatoms. The highest BCUT2D eigenvalue weighted by molar-refractivity contribution is 5.94. The SMILES string of the molecule is C=CC(=O)N1CC2(CCN(CCc3ccc(-c4cc5c(-c6cc(F)cc(F)c6)ncnc5[nH]4)cc3)CC2)C1. The number of carbonyl (C=O) groups excluding carboxylic acids is 1. The third-order valence-corrected chi connectivity index (χ3v) is 8.00. The number of rotatable bonds is 6. The summed E-state index contributed by atoms with van der Waals surface area (Å²) in [4.78, 5) is 28.1. The zero-order valence-electron chi connectivity index (χ0n) is 21.1. The summed E-state index contributed by atoms with van der Waals surface area (Å²) in [6, 6.07) is 13.8. The van der Waals surface area contributed by atoms with Crippen molar-refractivity contribution in [3.05, 3.63) is 84.7 Å². The third kappa shape index (κ3) is 4.72. The van der Waals surface area contributed by atoms with Gasteiger partial charge in [0.1, 0.15) is 23.6 Å². The molecule has 194 valence electrons. The summed E-state index contributed by atoms with van der Waals surface area (Å²) >= 11 is 0. The van der Waals surface area contributed by atoms with E-state index >= 15 is 0 Å². The molecule has 0 unspecified atom stereocenters. The molecule has 4 heterocycles. The van der Waals surface area contributed by atoms with Gasteiger partial charge < -0.3 is 14.8 Å². The van der Waals surface area contributed by atoms with E-state index in [1.54, 1.807) is 0 Å². The molecule has 1 N–H and O–H groups in total. The number of hydrogen-bond donors (Lipinski definition) is 1. The Balaban J connectivity index is 1.09. The number of benzene rings is 2. The van der Waals surface area contributed by atoms with E-state index in [9.17, 15) is 13.6 Å². The number of hydrogen-bond acceptors (Lipinski definition) is 4. The fourth-order valence-electron chi connectivity index (χ4n) is 5.77. The summed E-state index contributed by atoms with van der Waals surface area (Å²) in [6.07, 6.45) is 6.06. The predicted molar refractivity (Wildman–Crippen MR) is 143 cm³/mol. The van der Waals surface area contributed by atoms with E-state index in [0.29, 0.717) is 27.7 Å². The van der Waals surface area contributed by atoms with Crippen molar-refractivity contribution in [3.63, 3.8) is 0 Å². The van der Waals surface area contributed by atoms with Gasteiger partial charge in [-0.2, -0.15) is 0 Å². The molecular formula is C30H29F2N5O. The van der Waals surface area contributed by atoms with Gasteiger partial charge in [0, 0.05) is 47.8 Å². The number of aromatic amines is 1.